The van der Waals surface area contributed by atoms with E-state index in [1.807, 2.05) is 54.3 Å². The van der Waals surface area contributed by atoms with Crippen molar-refractivity contribution in [3.05, 3.63) is 54.1 Å². The molecule has 2 aromatic rings. The van der Waals surface area contributed by atoms with Gasteiger partial charge in [0.25, 0.3) is 0 Å². The molecule has 3 amide bonds. The van der Waals surface area contributed by atoms with Crippen LogP contribution in [0.2, 0.25) is 0 Å². The number of likely N-dealkylation sites (tertiary alicyclic amines) is 1. The summed E-state index contributed by atoms with van der Waals surface area (Å²) < 4.78 is 5.93. The Bertz CT molecular complexity index is 838. The van der Waals surface area contributed by atoms with E-state index in [9.17, 15) is 9.59 Å². The van der Waals surface area contributed by atoms with Crippen LogP contribution in [0.3, 0.4) is 0 Å². The number of benzene rings is 2. The maximum atomic E-state index is 12.3. The number of carbonyl (C=O) groups is 2. The fraction of sp³-hybridized carbons (Fsp3) is 0.391. The van der Waals surface area contributed by atoms with Crippen LogP contribution in [0.4, 0.5) is 10.5 Å². The highest BCUT2D eigenvalue weighted by Gasteiger charge is 2.16. The highest BCUT2D eigenvalue weighted by atomic mass is 16.5. The zero-order valence-corrected chi connectivity index (χ0v) is 16.9. The molecule has 0 spiro atoms. The van der Waals surface area contributed by atoms with Crippen molar-refractivity contribution in [3.8, 4) is 11.5 Å². The summed E-state index contributed by atoms with van der Waals surface area (Å²) in [6.45, 7) is 4.03. The number of hydrogen-bond donors (Lipinski definition) is 2. The Kier molecular flexibility index (Phi) is 7.50. The highest BCUT2D eigenvalue weighted by molar-refractivity contribution is 5.90. The summed E-state index contributed by atoms with van der Waals surface area (Å²) in [4.78, 5) is 26.2. The van der Waals surface area contributed by atoms with Gasteiger partial charge in [0, 0.05) is 26.1 Å². The van der Waals surface area contributed by atoms with Crippen molar-refractivity contribution in [2.24, 2.45) is 0 Å². The van der Waals surface area contributed by atoms with E-state index in [1.54, 1.807) is 6.07 Å². The lowest BCUT2D eigenvalue weighted by atomic mass is 10.2. The molecule has 0 aromatic heterocycles. The molecule has 0 bridgehead atoms. The first-order valence-electron chi connectivity index (χ1n) is 10.3. The summed E-state index contributed by atoms with van der Waals surface area (Å²) in [7, 11) is 0. The molecule has 1 aliphatic rings. The van der Waals surface area contributed by atoms with Crippen molar-refractivity contribution in [1.82, 2.24) is 10.2 Å². The van der Waals surface area contributed by atoms with Crippen LogP contribution in [0.1, 0.15) is 37.7 Å². The number of ether oxygens (including phenoxy) is 1. The molecular weight excluding hydrogens is 366 g/mol. The van der Waals surface area contributed by atoms with Crippen molar-refractivity contribution in [1.29, 1.82) is 0 Å². The molecule has 29 heavy (non-hydrogen) atoms. The third-order valence-electron chi connectivity index (χ3n) is 4.91. The number of hydrogen-bond acceptors (Lipinski definition) is 3. The predicted molar refractivity (Wildman–Crippen MR) is 114 cm³/mol. The molecule has 1 aliphatic heterocycles. The van der Waals surface area contributed by atoms with Gasteiger partial charge in [0.05, 0.1) is 5.69 Å². The van der Waals surface area contributed by atoms with E-state index in [2.05, 4.69) is 10.6 Å². The summed E-state index contributed by atoms with van der Waals surface area (Å²) in [5.41, 5.74) is 1.71. The second-order valence-electron chi connectivity index (χ2n) is 7.34. The lowest BCUT2D eigenvalue weighted by molar-refractivity contribution is -0.130. The smallest absolute Gasteiger partial charge is 0.319 e. The number of urea groups is 1. The Morgan fingerprint density at radius 1 is 1.10 bits per heavy atom. The van der Waals surface area contributed by atoms with Crippen molar-refractivity contribution in [2.45, 2.75) is 39.0 Å². The maximum absolute atomic E-state index is 12.3. The minimum absolute atomic E-state index is 0.231. The number of para-hydroxylation sites is 2. The second-order valence-corrected chi connectivity index (χ2v) is 7.34. The van der Waals surface area contributed by atoms with E-state index in [1.165, 1.54) is 0 Å². The van der Waals surface area contributed by atoms with E-state index >= 15 is 0 Å². The molecule has 2 aromatic carbocycles. The number of anilines is 1. The van der Waals surface area contributed by atoms with Gasteiger partial charge in [0.1, 0.15) is 5.75 Å². The van der Waals surface area contributed by atoms with Gasteiger partial charge in [-0.25, -0.2) is 4.79 Å². The molecule has 0 atom stereocenters. The van der Waals surface area contributed by atoms with Gasteiger partial charge in [-0.15, -0.1) is 0 Å². The molecule has 1 saturated heterocycles. The molecule has 0 aliphatic carbocycles. The fourth-order valence-electron chi connectivity index (χ4n) is 3.38. The summed E-state index contributed by atoms with van der Waals surface area (Å²) in [5, 5.41) is 5.70. The lowest BCUT2D eigenvalue weighted by Gasteiger charge is -2.20. The number of nitrogens with zero attached hydrogens (tertiary/aromatic N) is 1. The fourth-order valence-corrected chi connectivity index (χ4v) is 3.38. The van der Waals surface area contributed by atoms with E-state index in [-0.39, 0.29) is 11.9 Å². The number of carbonyl (C=O) groups excluding carboxylic acids is 2. The van der Waals surface area contributed by atoms with Gasteiger partial charge in [0.2, 0.25) is 5.91 Å². The van der Waals surface area contributed by atoms with Crippen LogP contribution in [0.5, 0.6) is 11.5 Å². The zero-order chi connectivity index (χ0) is 20.5. The van der Waals surface area contributed by atoms with Crippen molar-refractivity contribution < 1.29 is 14.3 Å². The van der Waals surface area contributed by atoms with Crippen LogP contribution in [-0.2, 0) is 4.79 Å². The van der Waals surface area contributed by atoms with E-state index in [4.69, 9.17) is 4.74 Å². The molecule has 0 saturated carbocycles. The molecule has 3 rings (SSSR count). The van der Waals surface area contributed by atoms with Gasteiger partial charge in [-0.05, 0) is 56.0 Å². The largest absolute Gasteiger partial charge is 0.455 e. The van der Waals surface area contributed by atoms with Crippen LogP contribution < -0.4 is 15.4 Å². The maximum Gasteiger partial charge on any atom is 0.319 e. The monoisotopic (exact) mass is 395 g/mol. The van der Waals surface area contributed by atoms with Crippen molar-refractivity contribution in [3.63, 3.8) is 0 Å². The SMILES string of the molecule is Cc1cccc(Oc2ccccc2NC(=O)NCCCN2CCCCCC2=O)c1. The van der Waals surface area contributed by atoms with Gasteiger partial charge < -0.3 is 20.3 Å². The first-order valence-corrected chi connectivity index (χ1v) is 10.3. The summed E-state index contributed by atoms with van der Waals surface area (Å²) in [6, 6.07) is 14.8. The molecule has 1 heterocycles. The van der Waals surface area contributed by atoms with Gasteiger partial charge in [-0.1, -0.05) is 30.7 Å². The number of aryl methyl sites for hydroxylation is 1. The average molecular weight is 396 g/mol. The Labute approximate surface area is 172 Å². The molecular formula is C23H29N3O3. The summed E-state index contributed by atoms with van der Waals surface area (Å²) >= 11 is 0. The van der Waals surface area contributed by atoms with Crippen LogP contribution in [0, 0.1) is 6.92 Å². The van der Waals surface area contributed by atoms with Gasteiger partial charge >= 0.3 is 6.03 Å². The number of rotatable bonds is 7. The van der Waals surface area contributed by atoms with E-state index < -0.39 is 0 Å². The van der Waals surface area contributed by atoms with Crippen molar-refractivity contribution in [2.75, 3.05) is 25.0 Å². The van der Waals surface area contributed by atoms with Crippen molar-refractivity contribution >= 4 is 17.6 Å². The first-order chi connectivity index (χ1) is 14.1. The summed E-state index contributed by atoms with van der Waals surface area (Å²) in [5.74, 6) is 1.54. The molecule has 6 nitrogen and oxygen atoms in total. The van der Waals surface area contributed by atoms with Crippen LogP contribution in [0.15, 0.2) is 48.5 Å². The Morgan fingerprint density at radius 2 is 1.97 bits per heavy atom. The number of amides is 3. The Balaban J connectivity index is 1.47. The first kappa shape index (κ1) is 20.7. The third kappa shape index (κ3) is 6.52. The van der Waals surface area contributed by atoms with Gasteiger partial charge in [0.15, 0.2) is 5.75 Å². The minimum Gasteiger partial charge on any atom is -0.455 e. The highest BCUT2D eigenvalue weighted by Crippen LogP contribution is 2.29. The predicted octanol–water partition coefficient (Wildman–Crippen LogP) is 4.70. The van der Waals surface area contributed by atoms with E-state index in [0.29, 0.717) is 30.9 Å². The molecule has 0 radical (unpaired) electrons. The van der Waals surface area contributed by atoms with E-state index in [0.717, 1.165) is 43.5 Å². The molecule has 1 fully saturated rings. The minimum atomic E-state index is -0.285. The van der Waals surface area contributed by atoms with Crippen LogP contribution in [-0.4, -0.2) is 36.5 Å². The normalized spacial score (nSPS) is 14.2. The van der Waals surface area contributed by atoms with Gasteiger partial charge in [-0.3, -0.25) is 4.79 Å². The molecule has 6 heteroatoms. The standard InChI is InChI=1S/C23H29N3O3/c1-18-9-7-10-19(17-18)29-21-12-5-4-11-20(21)25-23(28)24-14-8-16-26-15-6-2-3-13-22(26)27/h4-5,7,9-12,17H,2-3,6,8,13-16H2,1H3,(H2,24,25,28). The average Bonchev–Trinajstić information content (AvgIpc) is 2.91. The Hall–Kier alpha value is -3.02. The van der Waals surface area contributed by atoms with Crippen LogP contribution >= 0.6 is 0 Å². The molecule has 2 N–H and O–H groups in total. The molecule has 0 unspecified atom stereocenters. The zero-order valence-electron chi connectivity index (χ0n) is 16.9. The van der Waals surface area contributed by atoms with Gasteiger partial charge in [-0.2, -0.15) is 0 Å². The second kappa shape index (κ2) is 10.5. The third-order valence-corrected chi connectivity index (χ3v) is 4.91. The summed E-state index contributed by atoms with van der Waals surface area (Å²) in [6.07, 6.45) is 4.55. The topological polar surface area (TPSA) is 70.7 Å². The quantitative estimate of drug-likeness (QED) is 0.668. The Morgan fingerprint density at radius 3 is 2.83 bits per heavy atom. The van der Waals surface area contributed by atoms with Crippen LogP contribution in [0.25, 0.3) is 0 Å². The number of nitrogens with one attached hydrogen (secondary N) is 2. The lowest BCUT2D eigenvalue weighted by Crippen LogP contribution is -2.35. The molecule has 154 valence electrons.